The first kappa shape index (κ1) is 53.3. The Labute approximate surface area is 341 Å². The van der Waals surface area contributed by atoms with Gasteiger partial charge in [-0.15, -0.1) is 0 Å². The van der Waals surface area contributed by atoms with E-state index in [1.807, 2.05) is 0 Å². The fraction of sp³-hybridized carbons (Fsp3) is 0.878. The quantitative estimate of drug-likeness (QED) is 0.0325. The van der Waals surface area contributed by atoms with E-state index in [1.54, 1.807) is 0 Å². The molecule has 55 heavy (non-hydrogen) atoms. The van der Waals surface area contributed by atoms with E-state index in [1.165, 1.54) is 135 Å². The minimum atomic E-state index is -0.680. The normalized spacial score (nSPS) is 12.9. The predicted octanol–water partition coefficient (Wildman–Crippen LogP) is 14.0. The summed E-state index contributed by atoms with van der Waals surface area (Å²) in [6, 6.07) is -0.560. The van der Waals surface area contributed by atoms with Crippen LogP contribution in [0.4, 0.5) is 0 Å². The number of hydrogen-bond donors (Lipinski definition) is 3. The number of aliphatic hydroxyl groups is 2. The zero-order valence-electron chi connectivity index (χ0n) is 36.7. The number of unbranched alkanes of at least 4 members (excludes halogenated alkanes) is 29. The number of carbonyl (C=O) groups is 2. The fourth-order valence-corrected chi connectivity index (χ4v) is 7.21. The van der Waals surface area contributed by atoms with Crippen molar-refractivity contribution in [2.24, 2.45) is 0 Å². The first-order chi connectivity index (χ1) is 27.0. The highest BCUT2D eigenvalue weighted by atomic mass is 16.5. The van der Waals surface area contributed by atoms with Gasteiger partial charge in [-0.25, -0.2) is 0 Å². The van der Waals surface area contributed by atoms with Crippen LogP contribution in [-0.4, -0.2) is 47.4 Å². The lowest BCUT2D eigenvalue weighted by Gasteiger charge is -2.22. The fourth-order valence-electron chi connectivity index (χ4n) is 7.21. The number of hydrogen-bond acceptors (Lipinski definition) is 5. The molecule has 0 aliphatic carbocycles. The molecule has 6 nitrogen and oxygen atoms in total. The van der Waals surface area contributed by atoms with Crippen molar-refractivity contribution in [1.82, 2.24) is 5.32 Å². The van der Waals surface area contributed by atoms with Crippen molar-refractivity contribution in [3.63, 3.8) is 0 Å². The standard InChI is InChI=1S/C49H93NO5/c1-3-5-7-9-11-13-14-15-16-17-18-19-20-23-27-31-35-39-43-49(54)55-44-40-36-32-28-24-21-22-26-30-34-38-42-48(53)50-46(45-51)47(52)41-37-33-29-25-12-10-8-6-4-2/h16-17,24,28,46-47,51-52H,3-15,18-23,25-27,29-45H2,1-2H3,(H,50,53)/b17-16-,28-24-. The van der Waals surface area contributed by atoms with Crippen molar-refractivity contribution in [2.45, 2.75) is 264 Å². The Hall–Kier alpha value is -1.66. The second-order valence-electron chi connectivity index (χ2n) is 16.4. The lowest BCUT2D eigenvalue weighted by Crippen LogP contribution is -2.45. The molecule has 2 unspecified atom stereocenters. The van der Waals surface area contributed by atoms with E-state index in [0.29, 0.717) is 25.9 Å². The number of nitrogens with one attached hydrogen (secondary N) is 1. The second-order valence-corrected chi connectivity index (χ2v) is 16.4. The maximum absolute atomic E-state index is 12.4. The van der Waals surface area contributed by atoms with E-state index in [9.17, 15) is 19.8 Å². The molecule has 0 heterocycles. The predicted molar refractivity (Wildman–Crippen MR) is 236 cm³/mol. The van der Waals surface area contributed by atoms with Crippen LogP contribution >= 0.6 is 0 Å². The number of ether oxygens (including phenoxy) is 1. The Morgan fingerprint density at radius 3 is 1.29 bits per heavy atom. The van der Waals surface area contributed by atoms with Gasteiger partial charge in [-0.2, -0.15) is 0 Å². The summed E-state index contributed by atoms with van der Waals surface area (Å²) in [5.41, 5.74) is 0. The molecule has 3 N–H and O–H groups in total. The maximum atomic E-state index is 12.4. The number of amides is 1. The molecule has 0 aliphatic heterocycles. The zero-order chi connectivity index (χ0) is 40.1. The summed E-state index contributed by atoms with van der Waals surface area (Å²) in [4.78, 5) is 24.4. The summed E-state index contributed by atoms with van der Waals surface area (Å²) in [6.07, 6.45) is 51.5. The van der Waals surface area contributed by atoms with E-state index in [2.05, 4.69) is 43.5 Å². The van der Waals surface area contributed by atoms with Crippen LogP contribution in [0.15, 0.2) is 24.3 Å². The average molecular weight is 776 g/mol. The van der Waals surface area contributed by atoms with E-state index in [-0.39, 0.29) is 18.5 Å². The van der Waals surface area contributed by atoms with Crippen LogP contribution in [0.5, 0.6) is 0 Å². The molecule has 0 aliphatic rings. The summed E-state index contributed by atoms with van der Waals surface area (Å²) >= 11 is 0. The van der Waals surface area contributed by atoms with Crippen molar-refractivity contribution in [2.75, 3.05) is 13.2 Å². The van der Waals surface area contributed by atoms with E-state index >= 15 is 0 Å². The largest absolute Gasteiger partial charge is 0.466 e. The number of rotatable bonds is 44. The van der Waals surface area contributed by atoms with Gasteiger partial charge in [0.2, 0.25) is 5.91 Å². The first-order valence-corrected chi connectivity index (χ1v) is 24.1. The molecule has 1 amide bonds. The molecule has 2 atom stereocenters. The highest BCUT2D eigenvalue weighted by Crippen LogP contribution is 2.15. The Kier molecular flexibility index (Phi) is 43.7. The molecule has 0 bridgehead atoms. The maximum Gasteiger partial charge on any atom is 0.305 e. The number of allylic oxidation sites excluding steroid dienone is 4. The van der Waals surface area contributed by atoms with Crippen LogP contribution in [0.2, 0.25) is 0 Å². The Morgan fingerprint density at radius 2 is 0.855 bits per heavy atom. The van der Waals surface area contributed by atoms with Crippen LogP contribution in [0.1, 0.15) is 251 Å². The molecule has 0 aromatic heterocycles. The molecule has 0 fully saturated rings. The molecule has 6 heteroatoms. The molecule has 0 saturated heterocycles. The third kappa shape index (κ3) is 41.8. The summed E-state index contributed by atoms with van der Waals surface area (Å²) in [6.45, 7) is 4.84. The topological polar surface area (TPSA) is 95.9 Å². The van der Waals surface area contributed by atoms with Crippen molar-refractivity contribution >= 4 is 11.9 Å². The average Bonchev–Trinajstić information content (AvgIpc) is 3.18. The Balaban J connectivity index is 3.49. The minimum Gasteiger partial charge on any atom is -0.466 e. The van der Waals surface area contributed by atoms with E-state index < -0.39 is 12.1 Å². The second kappa shape index (κ2) is 45.0. The van der Waals surface area contributed by atoms with E-state index in [0.717, 1.165) is 83.5 Å². The molecular weight excluding hydrogens is 683 g/mol. The number of esters is 1. The van der Waals surface area contributed by atoms with Gasteiger partial charge >= 0.3 is 5.97 Å². The van der Waals surface area contributed by atoms with Crippen molar-refractivity contribution in [3.8, 4) is 0 Å². The Morgan fingerprint density at radius 1 is 0.491 bits per heavy atom. The molecule has 0 spiro atoms. The van der Waals surface area contributed by atoms with Crippen LogP contribution in [0, 0.1) is 0 Å². The summed E-state index contributed by atoms with van der Waals surface area (Å²) in [5.74, 6) is -0.103. The van der Waals surface area contributed by atoms with Crippen LogP contribution < -0.4 is 5.32 Å². The molecule has 0 saturated carbocycles. The van der Waals surface area contributed by atoms with Gasteiger partial charge < -0.3 is 20.3 Å². The molecule has 324 valence electrons. The third-order valence-corrected chi connectivity index (χ3v) is 11.0. The number of aliphatic hydroxyl groups excluding tert-OH is 2. The van der Waals surface area contributed by atoms with Gasteiger partial charge in [0.25, 0.3) is 0 Å². The summed E-state index contributed by atoms with van der Waals surface area (Å²) in [5, 5.41) is 23.0. The molecule has 0 aromatic rings. The van der Waals surface area contributed by atoms with Gasteiger partial charge in [-0.1, -0.05) is 186 Å². The molecule has 0 radical (unpaired) electrons. The zero-order valence-corrected chi connectivity index (χ0v) is 36.7. The molecular formula is C49H93NO5. The van der Waals surface area contributed by atoms with Gasteiger partial charge in [0, 0.05) is 12.8 Å². The van der Waals surface area contributed by atoms with Crippen LogP contribution in [-0.2, 0) is 14.3 Å². The SMILES string of the molecule is CCCCCCCCC/C=C\CCCCCCCCCC(=O)OCCCC/C=C\CCCCCCCC(=O)NC(CO)C(O)CCCCCCCCCCC. The van der Waals surface area contributed by atoms with Crippen LogP contribution in [0.25, 0.3) is 0 Å². The van der Waals surface area contributed by atoms with Crippen LogP contribution in [0.3, 0.4) is 0 Å². The highest BCUT2D eigenvalue weighted by molar-refractivity contribution is 5.76. The highest BCUT2D eigenvalue weighted by Gasteiger charge is 2.20. The summed E-state index contributed by atoms with van der Waals surface area (Å²) < 4.78 is 5.44. The van der Waals surface area contributed by atoms with Crippen molar-refractivity contribution in [1.29, 1.82) is 0 Å². The Bertz CT molecular complexity index is 858. The number of carbonyl (C=O) groups excluding carboxylic acids is 2. The lowest BCUT2D eigenvalue weighted by molar-refractivity contribution is -0.143. The summed E-state index contributed by atoms with van der Waals surface area (Å²) in [7, 11) is 0. The van der Waals surface area contributed by atoms with Gasteiger partial charge in [-0.05, 0) is 77.0 Å². The first-order valence-electron chi connectivity index (χ1n) is 24.1. The van der Waals surface area contributed by atoms with Crippen molar-refractivity contribution in [3.05, 3.63) is 24.3 Å². The van der Waals surface area contributed by atoms with Gasteiger partial charge in [0.1, 0.15) is 0 Å². The monoisotopic (exact) mass is 776 g/mol. The van der Waals surface area contributed by atoms with E-state index in [4.69, 9.17) is 4.74 Å². The van der Waals surface area contributed by atoms with Gasteiger partial charge in [0.05, 0.1) is 25.4 Å². The van der Waals surface area contributed by atoms with Crippen molar-refractivity contribution < 1.29 is 24.5 Å². The lowest BCUT2D eigenvalue weighted by atomic mass is 10.0. The van der Waals surface area contributed by atoms with Gasteiger partial charge in [-0.3, -0.25) is 9.59 Å². The molecule has 0 rings (SSSR count). The van der Waals surface area contributed by atoms with Gasteiger partial charge in [0.15, 0.2) is 0 Å². The third-order valence-electron chi connectivity index (χ3n) is 11.0. The smallest absolute Gasteiger partial charge is 0.305 e. The minimum absolute atomic E-state index is 0.0350. The molecule has 0 aromatic carbocycles.